The maximum absolute atomic E-state index is 12.1. The molecule has 94 valence electrons. The van der Waals surface area contributed by atoms with Gasteiger partial charge in [0.25, 0.3) is 0 Å². The number of nitrogens with one attached hydrogen (secondary N) is 1. The summed E-state index contributed by atoms with van der Waals surface area (Å²) in [6.07, 6.45) is -4.85. The van der Waals surface area contributed by atoms with E-state index >= 15 is 0 Å². The molecule has 2 nitrogen and oxygen atoms in total. The van der Waals surface area contributed by atoms with E-state index in [1.807, 2.05) is 5.32 Å². The molecule has 0 radical (unpaired) electrons. The molecule has 1 amide bonds. The highest BCUT2D eigenvalue weighted by Gasteiger charge is 2.39. The van der Waals surface area contributed by atoms with Crippen molar-refractivity contribution in [1.29, 1.82) is 0 Å². The Morgan fingerprint density at radius 1 is 1.41 bits per heavy atom. The Hall–Kier alpha value is -1.04. The monoisotopic (exact) mass is 309 g/mol. The predicted molar refractivity (Wildman–Crippen MR) is 61.5 cm³/mol. The molecule has 0 aliphatic rings. The minimum absolute atomic E-state index is 0.650. The van der Waals surface area contributed by atoms with Crippen LogP contribution in [0.4, 0.5) is 13.2 Å². The van der Waals surface area contributed by atoms with E-state index in [-0.39, 0.29) is 0 Å². The zero-order chi connectivity index (χ0) is 13.2. The Labute approximate surface area is 105 Å². The summed E-state index contributed by atoms with van der Waals surface area (Å²) in [5, 5.41) is 1.92. The molecule has 1 aromatic carbocycles. The first-order valence-corrected chi connectivity index (χ1v) is 5.65. The lowest BCUT2D eigenvalue weighted by atomic mass is 10.0. The van der Waals surface area contributed by atoms with Crippen LogP contribution in [0.3, 0.4) is 0 Å². The Bertz CT molecular complexity index is 431. The molecule has 0 fully saturated rings. The van der Waals surface area contributed by atoms with Gasteiger partial charge in [0.15, 0.2) is 0 Å². The highest BCUT2D eigenvalue weighted by molar-refractivity contribution is 9.10. The first-order chi connectivity index (χ1) is 7.73. The van der Waals surface area contributed by atoms with Gasteiger partial charge in [-0.25, -0.2) is 0 Å². The van der Waals surface area contributed by atoms with Crippen LogP contribution in [0.5, 0.6) is 0 Å². The lowest BCUT2D eigenvalue weighted by molar-refractivity contribution is -0.174. The maximum Gasteiger partial charge on any atom is 0.471 e. The van der Waals surface area contributed by atoms with E-state index in [1.165, 1.54) is 6.92 Å². The van der Waals surface area contributed by atoms with E-state index < -0.39 is 18.1 Å². The first-order valence-electron chi connectivity index (χ1n) is 4.86. The smallest absolute Gasteiger partial charge is 0.342 e. The number of alkyl halides is 3. The zero-order valence-corrected chi connectivity index (χ0v) is 10.8. The van der Waals surface area contributed by atoms with Gasteiger partial charge >= 0.3 is 12.1 Å². The molecule has 6 heteroatoms. The van der Waals surface area contributed by atoms with Gasteiger partial charge in [0.05, 0.1) is 6.04 Å². The second-order valence-corrected chi connectivity index (χ2v) is 4.50. The average Bonchev–Trinajstić information content (AvgIpc) is 2.20. The van der Waals surface area contributed by atoms with Crippen LogP contribution in [0.2, 0.25) is 0 Å². The second kappa shape index (κ2) is 5.08. The third-order valence-corrected chi connectivity index (χ3v) is 3.24. The molecule has 0 bridgehead atoms. The van der Waals surface area contributed by atoms with Gasteiger partial charge in [-0.2, -0.15) is 13.2 Å². The Morgan fingerprint density at radius 3 is 2.53 bits per heavy atom. The number of rotatable bonds is 2. The van der Waals surface area contributed by atoms with Gasteiger partial charge in [-0.3, -0.25) is 4.79 Å². The van der Waals surface area contributed by atoms with E-state index in [0.29, 0.717) is 5.56 Å². The van der Waals surface area contributed by atoms with Gasteiger partial charge in [-0.1, -0.05) is 28.1 Å². The molecule has 0 saturated heterocycles. The van der Waals surface area contributed by atoms with Gasteiger partial charge in [-0.05, 0) is 31.0 Å². The number of hydrogen-bond acceptors (Lipinski definition) is 1. The van der Waals surface area contributed by atoms with Crippen LogP contribution < -0.4 is 5.32 Å². The Balaban J connectivity index is 2.88. The summed E-state index contributed by atoms with van der Waals surface area (Å²) in [5.41, 5.74) is 1.46. The molecule has 1 N–H and O–H groups in total. The van der Waals surface area contributed by atoms with Crippen LogP contribution in [0.25, 0.3) is 0 Å². The van der Waals surface area contributed by atoms with Gasteiger partial charge < -0.3 is 5.32 Å². The Kier molecular flexibility index (Phi) is 4.19. The highest BCUT2D eigenvalue weighted by Crippen LogP contribution is 2.25. The molecule has 1 atom stereocenters. The normalized spacial score (nSPS) is 13.3. The molecular weight excluding hydrogens is 299 g/mol. The largest absolute Gasteiger partial charge is 0.471 e. The molecule has 0 spiro atoms. The number of carbonyl (C=O) groups is 1. The van der Waals surface area contributed by atoms with E-state index in [1.54, 1.807) is 25.1 Å². The van der Waals surface area contributed by atoms with Gasteiger partial charge in [0, 0.05) is 4.47 Å². The highest BCUT2D eigenvalue weighted by atomic mass is 79.9. The fourth-order valence-electron chi connectivity index (χ4n) is 1.45. The summed E-state index contributed by atoms with van der Waals surface area (Å²) in [7, 11) is 0. The molecule has 1 rings (SSSR count). The van der Waals surface area contributed by atoms with Crippen molar-refractivity contribution in [2.24, 2.45) is 0 Å². The van der Waals surface area contributed by atoms with Crippen molar-refractivity contribution in [3.8, 4) is 0 Å². The first kappa shape index (κ1) is 14.0. The summed E-state index contributed by atoms with van der Waals surface area (Å²) in [5.74, 6) is -1.93. The maximum atomic E-state index is 12.1. The minimum atomic E-state index is -4.85. The van der Waals surface area contributed by atoms with Crippen molar-refractivity contribution in [1.82, 2.24) is 5.32 Å². The van der Waals surface area contributed by atoms with E-state index in [0.717, 1.165) is 10.0 Å². The molecule has 0 heterocycles. The van der Waals surface area contributed by atoms with Crippen LogP contribution in [0, 0.1) is 6.92 Å². The summed E-state index contributed by atoms with van der Waals surface area (Å²) in [6.45, 7) is 3.29. The fraction of sp³-hybridized carbons (Fsp3) is 0.364. The summed E-state index contributed by atoms with van der Waals surface area (Å²) < 4.78 is 37.0. The molecule has 0 aliphatic carbocycles. The summed E-state index contributed by atoms with van der Waals surface area (Å²) in [4.78, 5) is 10.8. The molecule has 1 unspecified atom stereocenters. The number of hydrogen-bond donors (Lipinski definition) is 1. The lowest BCUT2D eigenvalue weighted by Crippen LogP contribution is -2.38. The number of amides is 1. The van der Waals surface area contributed by atoms with Crippen molar-refractivity contribution in [3.05, 3.63) is 33.8 Å². The lowest BCUT2D eigenvalue weighted by Gasteiger charge is -2.18. The van der Waals surface area contributed by atoms with Crippen LogP contribution in [-0.2, 0) is 4.79 Å². The quantitative estimate of drug-likeness (QED) is 0.890. The van der Waals surface area contributed by atoms with Crippen molar-refractivity contribution in [2.45, 2.75) is 26.1 Å². The van der Waals surface area contributed by atoms with Crippen LogP contribution in [0.15, 0.2) is 22.7 Å². The van der Waals surface area contributed by atoms with Crippen molar-refractivity contribution >= 4 is 21.8 Å². The molecule has 17 heavy (non-hydrogen) atoms. The molecular formula is C11H11BrF3NO. The third kappa shape index (κ3) is 3.46. The SMILES string of the molecule is Cc1c(Br)cccc1C(C)NC(=O)C(F)(F)F. The van der Waals surface area contributed by atoms with E-state index in [4.69, 9.17) is 0 Å². The molecule has 0 aromatic heterocycles. The van der Waals surface area contributed by atoms with Gasteiger partial charge in [0.1, 0.15) is 0 Å². The fourth-order valence-corrected chi connectivity index (χ4v) is 1.83. The zero-order valence-electron chi connectivity index (χ0n) is 9.23. The van der Waals surface area contributed by atoms with Crippen LogP contribution in [0.1, 0.15) is 24.1 Å². The van der Waals surface area contributed by atoms with Crippen LogP contribution in [-0.4, -0.2) is 12.1 Å². The number of benzene rings is 1. The predicted octanol–water partition coefficient (Wildman–Crippen LogP) is 3.50. The number of carbonyl (C=O) groups excluding carboxylic acids is 1. The molecule has 0 saturated carbocycles. The molecule has 1 aromatic rings. The van der Waals surface area contributed by atoms with Crippen LogP contribution >= 0.6 is 15.9 Å². The number of halogens is 4. The minimum Gasteiger partial charge on any atom is -0.342 e. The van der Waals surface area contributed by atoms with E-state index in [9.17, 15) is 18.0 Å². The summed E-state index contributed by atoms with van der Waals surface area (Å²) >= 11 is 3.29. The third-order valence-electron chi connectivity index (χ3n) is 2.38. The Morgan fingerprint density at radius 2 is 2.00 bits per heavy atom. The standard InChI is InChI=1S/C11H11BrF3NO/c1-6-8(4-3-5-9(6)12)7(2)16-10(17)11(13,14)15/h3-5,7H,1-2H3,(H,16,17). The second-order valence-electron chi connectivity index (χ2n) is 3.65. The van der Waals surface area contributed by atoms with Gasteiger partial charge in [-0.15, -0.1) is 0 Å². The topological polar surface area (TPSA) is 29.1 Å². The van der Waals surface area contributed by atoms with Crippen molar-refractivity contribution in [3.63, 3.8) is 0 Å². The summed E-state index contributed by atoms with van der Waals surface area (Å²) in [6, 6.07) is 4.49. The van der Waals surface area contributed by atoms with Crippen molar-refractivity contribution < 1.29 is 18.0 Å². The average molecular weight is 310 g/mol. The van der Waals surface area contributed by atoms with Gasteiger partial charge in [0.2, 0.25) is 0 Å². The van der Waals surface area contributed by atoms with E-state index in [2.05, 4.69) is 15.9 Å². The molecule has 0 aliphatic heterocycles. The van der Waals surface area contributed by atoms with Crippen molar-refractivity contribution in [2.75, 3.05) is 0 Å².